The second-order valence-electron chi connectivity index (χ2n) is 6.85. The molecule has 2 heterocycles. The highest BCUT2D eigenvalue weighted by atomic mass is 32.1. The lowest BCUT2D eigenvalue weighted by Crippen LogP contribution is -2.31. The number of benzene rings is 1. The number of hydrogen-bond acceptors (Lipinski definition) is 4. The van der Waals surface area contributed by atoms with Gasteiger partial charge in [-0.25, -0.2) is 0 Å². The summed E-state index contributed by atoms with van der Waals surface area (Å²) < 4.78 is 0. The number of carbonyl (C=O) groups excluding carboxylic acids is 1. The maximum Gasteiger partial charge on any atom is 0.251 e. The smallest absolute Gasteiger partial charge is 0.251 e. The van der Waals surface area contributed by atoms with E-state index in [1.807, 2.05) is 49.6 Å². The van der Waals surface area contributed by atoms with Crippen molar-refractivity contribution in [1.29, 1.82) is 0 Å². The molecule has 1 aromatic carbocycles. The predicted octanol–water partition coefficient (Wildman–Crippen LogP) is 4.01. The molecule has 0 bridgehead atoms. The second kappa shape index (κ2) is 8.93. The Morgan fingerprint density at radius 3 is 2.78 bits per heavy atom. The van der Waals surface area contributed by atoms with Gasteiger partial charge in [0.25, 0.3) is 5.91 Å². The Labute approximate surface area is 163 Å². The molecule has 0 spiro atoms. The first-order valence-corrected chi connectivity index (χ1v) is 9.95. The minimum atomic E-state index is -0.134. The summed E-state index contributed by atoms with van der Waals surface area (Å²) in [5.41, 5.74) is 5.68. The van der Waals surface area contributed by atoms with Crippen LogP contribution in [0.15, 0.2) is 53.2 Å². The molecule has 0 aliphatic rings. The van der Waals surface area contributed by atoms with Crippen molar-refractivity contribution in [3.8, 4) is 11.3 Å². The monoisotopic (exact) mass is 380 g/mol. The number of pyridine rings is 1. The Bertz CT molecular complexity index is 886. The minimum Gasteiger partial charge on any atom is -0.396 e. The molecule has 0 fully saturated rings. The van der Waals surface area contributed by atoms with Gasteiger partial charge in [-0.2, -0.15) is 11.3 Å². The minimum absolute atomic E-state index is 0.00724. The van der Waals surface area contributed by atoms with Crippen molar-refractivity contribution in [1.82, 2.24) is 10.3 Å². The molecule has 5 heteroatoms. The van der Waals surface area contributed by atoms with E-state index >= 15 is 0 Å². The van der Waals surface area contributed by atoms with Crippen molar-refractivity contribution >= 4 is 17.2 Å². The molecule has 1 amide bonds. The van der Waals surface area contributed by atoms with Crippen LogP contribution in [0.4, 0.5) is 0 Å². The third-order valence-corrected chi connectivity index (χ3v) is 5.16. The van der Waals surface area contributed by atoms with Gasteiger partial charge in [-0.05, 0) is 72.5 Å². The Morgan fingerprint density at radius 2 is 2.07 bits per heavy atom. The van der Waals surface area contributed by atoms with Crippen molar-refractivity contribution in [3.63, 3.8) is 0 Å². The van der Waals surface area contributed by atoms with Gasteiger partial charge in [-0.1, -0.05) is 12.1 Å². The van der Waals surface area contributed by atoms with Crippen LogP contribution < -0.4 is 5.32 Å². The van der Waals surface area contributed by atoms with Crippen LogP contribution in [0, 0.1) is 19.8 Å². The molecule has 0 aliphatic heterocycles. The topological polar surface area (TPSA) is 62.2 Å². The zero-order valence-corrected chi connectivity index (χ0v) is 16.4. The van der Waals surface area contributed by atoms with Gasteiger partial charge in [0.05, 0.1) is 5.69 Å². The highest BCUT2D eigenvalue weighted by molar-refractivity contribution is 7.07. The van der Waals surface area contributed by atoms with Gasteiger partial charge in [0.1, 0.15) is 0 Å². The Hall–Kier alpha value is -2.50. The third kappa shape index (κ3) is 5.25. The van der Waals surface area contributed by atoms with E-state index in [1.54, 1.807) is 17.4 Å². The first kappa shape index (κ1) is 19.3. The van der Waals surface area contributed by atoms with E-state index in [0.29, 0.717) is 12.1 Å². The van der Waals surface area contributed by atoms with Crippen molar-refractivity contribution in [2.45, 2.75) is 20.3 Å². The third-order valence-electron chi connectivity index (χ3n) is 4.43. The number of nitrogens with zero attached hydrogens (tertiary/aromatic N) is 1. The van der Waals surface area contributed by atoms with E-state index in [0.717, 1.165) is 28.9 Å². The zero-order chi connectivity index (χ0) is 19.2. The van der Waals surface area contributed by atoms with Gasteiger partial charge in [0.15, 0.2) is 0 Å². The van der Waals surface area contributed by atoms with Crippen LogP contribution in [0.2, 0.25) is 0 Å². The summed E-state index contributed by atoms with van der Waals surface area (Å²) in [5.74, 6) is -0.127. The van der Waals surface area contributed by atoms with E-state index in [9.17, 15) is 9.90 Å². The van der Waals surface area contributed by atoms with Crippen molar-refractivity contribution < 1.29 is 9.90 Å². The van der Waals surface area contributed by atoms with Crippen LogP contribution in [0.1, 0.15) is 27.2 Å². The molecular formula is C22H24N2O2S. The van der Waals surface area contributed by atoms with Crippen molar-refractivity contribution in [2.75, 3.05) is 13.2 Å². The van der Waals surface area contributed by atoms with Crippen LogP contribution in [-0.2, 0) is 6.42 Å². The van der Waals surface area contributed by atoms with E-state index in [4.69, 9.17) is 0 Å². The van der Waals surface area contributed by atoms with Crippen LogP contribution in [0.5, 0.6) is 0 Å². The van der Waals surface area contributed by atoms with E-state index in [2.05, 4.69) is 21.7 Å². The molecule has 4 nitrogen and oxygen atoms in total. The highest BCUT2D eigenvalue weighted by Crippen LogP contribution is 2.20. The zero-order valence-electron chi connectivity index (χ0n) is 15.6. The fourth-order valence-corrected chi connectivity index (χ4v) is 3.77. The Kier molecular flexibility index (Phi) is 6.37. The molecule has 3 aromatic rings. The number of amides is 1. The molecule has 3 rings (SSSR count). The fourth-order valence-electron chi connectivity index (χ4n) is 3.09. The molecule has 0 unspecified atom stereocenters. The normalized spacial score (nSPS) is 12.0. The van der Waals surface area contributed by atoms with E-state index < -0.39 is 0 Å². The molecule has 2 N–H and O–H groups in total. The number of aliphatic hydroxyl groups is 1. The van der Waals surface area contributed by atoms with Crippen molar-refractivity contribution in [2.24, 2.45) is 5.92 Å². The van der Waals surface area contributed by atoms with Crippen LogP contribution in [0.3, 0.4) is 0 Å². The van der Waals surface area contributed by atoms with Crippen molar-refractivity contribution in [3.05, 3.63) is 75.6 Å². The molecule has 0 saturated heterocycles. The van der Waals surface area contributed by atoms with Gasteiger partial charge in [-0.15, -0.1) is 0 Å². The van der Waals surface area contributed by atoms with Gasteiger partial charge >= 0.3 is 0 Å². The van der Waals surface area contributed by atoms with E-state index in [1.165, 1.54) is 5.56 Å². The Morgan fingerprint density at radius 1 is 1.22 bits per heavy atom. The number of aromatic nitrogens is 1. The molecular weight excluding hydrogens is 356 g/mol. The summed E-state index contributed by atoms with van der Waals surface area (Å²) in [6.07, 6.45) is 0.757. The SMILES string of the molecule is Cc1cc(C)nc(-c2cccc(C(=O)NC[C@@H](CO)Cc3ccsc3)c2)c1. The largest absolute Gasteiger partial charge is 0.396 e. The standard InChI is InChI=1S/C22H24N2O2S/c1-15-8-16(2)24-21(9-15)19-4-3-5-20(11-19)22(26)23-12-18(13-25)10-17-6-7-27-14-17/h3-9,11,14,18,25H,10,12-13H2,1-2H3,(H,23,26)/t18-/m0/s1. The van der Waals surface area contributed by atoms with Gasteiger partial charge in [-0.3, -0.25) is 9.78 Å². The lowest BCUT2D eigenvalue weighted by atomic mass is 10.0. The summed E-state index contributed by atoms with van der Waals surface area (Å²) in [5, 5.41) is 16.6. The quantitative estimate of drug-likeness (QED) is 0.651. The maximum atomic E-state index is 12.6. The Balaban J connectivity index is 1.68. The average molecular weight is 381 g/mol. The number of carbonyl (C=O) groups is 1. The highest BCUT2D eigenvalue weighted by Gasteiger charge is 2.13. The molecule has 0 saturated carbocycles. The molecule has 0 radical (unpaired) electrons. The number of thiophene rings is 1. The summed E-state index contributed by atoms with van der Waals surface area (Å²) in [4.78, 5) is 17.1. The second-order valence-corrected chi connectivity index (χ2v) is 7.63. The maximum absolute atomic E-state index is 12.6. The lowest BCUT2D eigenvalue weighted by Gasteiger charge is -2.15. The summed E-state index contributed by atoms with van der Waals surface area (Å²) in [7, 11) is 0. The predicted molar refractivity (Wildman–Crippen MR) is 110 cm³/mol. The molecule has 27 heavy (non-hydrogen) atoms. The van der Waals surface area contributed by atoms with Gasteiger partial charge < -0.3 is 10.4 Å². The summed E-state index contributed by atoms with van der Waals surface area (Å²) >= 11 is 1.64. The summed E-state index contributed by atoms with van der Waals surface area (Å²) in [6.45, 7) is 4.49. The molecule has 1 atom stereocenters. The van der Waals surface area contributed by atoms with Gasteiger partial charge in [0.2, 0.25) is 0 Å². The lowest BCUT2D eigenvalue weighted by molar-refractivity contribution is 0.0940. The molecule has 0 aliphatic carbocycles. The van der Waals surface area contributed by atoms with E-state index in [-0.39, 0.29) is 18.4 Å². The number of nitrogens with one attached hydrogen (secondary N) is 1. The first-order chi connectivity index (χ1) is 13.0. The summed E-state index contributed by atoms with van der Waals surface area (Å²) in [6, 6.07) is 13.6. The number of aryl methyl sites for hydroxylation is 2. The average Bonchev–Trinajstić information content (AvgIpc) is 3.17. The van der Waals surface area contributed by atoms with Gasteiger partial charge in [0, 0.05) is 35.9 Å². The van der Waals surface area contributed by atoms with Crippen LogP contribution >= 0.6 is 11.3 Å². The molecule has 140 valence electrons. The van der Waals surface area contributed by atoms with Crippen LogP contribution in [0.25, 0.3) is 11.3 Å². The fraction of sp³-hybridized carbons (Fsp3) is 0.273. The molecule has 2 aromatic heterocycles. The number of hydrogen-bond donors (Lipinski definition) is 2. The number of rotatable bonds is 7. The first-order valence-electron chi connectivity index (χ1n) is 9.01. The van der Waals surface area contributed by atoms with Crippen LogP contribution in [-0.4, -0.2) is 29.1 Å². The number of aliphatic hydroxyl groups excluding tert-OH is 1.